The summed E-state index contributed by atoms with van der Waals surface area (Å²) in [7, 11) is 0. The van der Waals surface area contributed by atoms with Crippen LogP contribution >= 0.6 is 45.3 Å². The number of thiophene rings is 4. The van der Waals surface area contributed by atoms with E-state index < -0.39 is 22.8 Å². The lowest BCUT2D eigenvalue weighted by Crippen LogP contribution is -2.41. The summed E-state index contributed by atoms with van der Waals surface area (Å²) in [5.41, 5.74) is 41.0. The van der Waals surface area contributed by atoms with Crippen LogP contribution in [0, 0.1) is 51.0 Å². The second-order valence-corrected chi connectivity index (χ2v) is 41.4. The lowest BCUT2D eigenvalue weighted by atomic mass is 9.88. The van der Waals surface area contributed by atoms with Crippen molar-refractivity contribution in [2.75, 3.05) is 101 Å². The average molecular weight is 1960 g/mol. The minimum atomic E-state index is -0.997. The lowest BCUT2D eigenvalue weighted by molar-refractivity contribution is 0.0201. The van der Waals surface area contributed by atoms with E-state index in [4.69, 9.17) is 48.0 Å². The first-order valence-corrected chi connectivity index (χ1v) is 49.3. The van der Waals surface area contributed by atoms with Crippen molar-refractivity contribution in [3.05, 3.63) is 244 Å². The summed E-state index contributed by atoms with van der Waals surface area (Å²) in [5, 5.41) is 23.9. The van der Waals surface area contributed by atoms with Crippen LogP contribution in [0.25, 0.3) is 52.0 Å². The molecule has 138 heavy (non-hydrogen) atoms. The Labute approximate surface area is 816 Å². The van der Waals surface area contributed by atoms with Crippen LogP contribution in [-0.2, 0) is 39.9 Å². The number of pyridine rings is 4. The van der Waals surface area contributed by atoms with Gasteiger partial charge in [0.25, 0.3) is 17.7 Å². The van der Waals surface area contributed by atoms with Crippen LogP contribution in [0.15, 0.2) is 133 Å². The number of carboxylic acids is 1. The van der Waals surface area contributed by atoms with E-state index in [0.29, 0.717) is 176 Å². The number of benzene rings is 4. The smallest absolute Gasteiger partial charge is 0.410 e. The van der Waals surface area contributed by atoms with Gasteiger partial charge in [-0.05, 0) is 303 Å². The van der Waals surface area contributed by atoms with Crippen LogP contribution in [0.3, 0.4) is 0 Å². The Kier molecular flexibility index (Phi) is 34.9. The van der Waals surface area contributed by atoms with E-state index in [1.807, 2.05) is 181 Å². The normalized spacial score (nSPS) is 14.3. The molecule has 4 aliphatic heterocycles. The number of carbonyl (C=O) groups is 7. The zero-order valence-electron chi connectivity index (χ0n) is 80.1. The van der Waals surface area contributed by atoms with Gasteiger partial charge in [0.1, 0.15) is 78.9 Å². The minimum absolute atomic E-state index is 0.0608. The number of piperidine rings is 2. The molecule has 0 radical (unpaired) electrons. The zero-order chi connectivity index (χ0) is 99.8. The van der Waals surface area contributed by atoms with Gasteiger partial charge in [-0.3, -0.25) is 14.4 Å². The number of anilines is 4. The van der Waals surface area contributed by atoms with Crippen LogP contribution < -0.4 is 49.9 Å². The number of rotatable bonds is 19. The number of amides is 6. The van der Waals surface area contributed by atoms with Crippen LogP contribution in [0.2, 0.25) is 0 Å². The van der Waals surface area contributed by atoms with Crippen LogP contribution in [0.4, 0.5) is 54.7 Å². The molecule has 0 bridgehead atoms. The molecular weight excluding hydrogens is 1840 g/mol. The molecule has 15 N–H and O–H groups in total. The highest BCUT2D eigenvalue weighted by atomic mass is 32.1. The molecule has 16 rings (SSSR count). The van der Waals surface area contributed by atoms with Crippen molar-refractivity contribution in [2.24, 2.45) is 5.73 Å². The number of fused-ring (bicyclic) bond motifs is 4. The number of ether oxygens (including phenoxy) is 3. The molecule has 6 amide bonds. The predicted octanol–water partition coefficient (Wildman–Crippen LogP) is 19.7. The van der Waals surface area contributed by atoms with Gasteiger partial charge in [0.15, 0.2) is 0 Å². The number of aromatic carboxylic acids is 1. The third kappa shape index (κ3) is 27.9. The van der Waals surface area contributed by atoms with E-state index in [1.54, 1.807) is 51.1 Å². The number of halogens is 4. The monoisotopic (exact) mass is 1960 g/mol. The van der Waals surface area contributed by atoms with Crippen molar-refractivity contribution >= 4 is 162 Å². The Morgan fingerprint density at radius 3 is 1.02 bits per heavy atom. The van der Waals surface area contributed by atoms with Gasteiger partial charge in [0, 0.05) is 114 Å². The number of hydrogen-bond donors (Lipinski definition) is 10. The van der Waals surface area contributed by atoms with Gasteiger partial charge < -0.3 is 84.0 Å². The maximum atomic E-state index is 15.0. The first-order chi connectivity index (χ1) is 65.4. The van der Waals surface area contributed by atoms with Gasteiger partial charge in [-0.25, -0.2) is 56.7 Å². The largest absolute Gasteiger partial charge is 0.477 e. The van der Waals surface area contributed by atoms with E-state index in [9.17, 15) is 51.1 Å². The first kappa shape index (κ1) is 104. The number of hydrogen-bond acceptors (Lipinski definition) is 24. The Hall–Kier alpha value is -12.7. The summed E-state index contributed by atoms with van der Waals surface area (Å²) in [5.74, 6) is -2.30. The van der Waals surface area contributed by atoms with Crippen LogP contribution in [-0.4, -0.2) is 177 Å². The molecule has 2 saturated heterocycles. The van der Waals surface area contributed by atoms with Crippen LogP contribution in [0.5, 0.6) is 0 Å². The van der Waals surface area contributed by atoms with Gasteiger partial charge >= 0.3 is 24.2 Å². The summed E-state index contributed by atoms with van der Waals surface area (Å²) in [6.07, 6.45) is 9.48. The van der Waals surface area contributed by atoms with Gasteiger partial charge in [0.05, 0.1) is 22.7 Å². The molecule has 0 unspecified atom stereocenters. The molecule has 4 aliphatic rings. The molecule has 732 valence electrons. The molecule has 0 atom stereocenters. The van der Waals surface area contributed by atoms with E-state index in [2.05, 4.69) is 41.2 Å². The molecule has 12 heterocycles. The number of nitrogens with one attached hydrogen (secondary N) is 4. The van der Waals surface area contributed by atoms with Crippen molar-refractivity contribution in [1.29, 1.82) is 0 Å². The predicted molar refractivity (Wildman–Crippen MR) is 544 cm³/mol. The highest BCUT2D eigenvalue weighted by Gasteiger charge is 2.32. The molecular formula is C103H122F4N16O11S4. The van der Waals surface area contributed by atoms with Crippen molar-refractivity contribution in [1.82, 2.24) is 55.9 Å². The third-order valence-corrected chi connectivity index (χ3v) is 27.7. The summed E-state index contributed by atoms with van der Waals surface area (Å²) in [6.45, 7) is 30.5. The Morgan fingerprint density at radius 1 is 0.413 bits per heavy atom. The van der Waals surface area contributed by atoms with E-state index in [0.717, 1.165) is 135 Å². The number of likely N-dealkylation sites (tertiary alicyclic amines) is 1. The maximum Gasteiger partial charge on any atom is 0.410 e. The second kappa shape index (κ2) is 46.2. The topological polar surface area (TPSA) is 407 Å². The molecule has 0 spiro atoms. The van der Waals surface area contributed by atoms with Gasteiger partial charge in [-0.2, -0.15) is 0 Å². The third-order valence-electron chi connectivity index (χ3n) is 23.3. The van der Waals surface area contributed by atoms with E-state index >= 15 is 0 Å². The maximum absolute atomic E-state index is 15.0. The average Bonchev–Trinajstić information content (AvgIpc) is 1.67. The highest BCUT2D eigenvalue weighted by Crippen LogP contribution is 2.39. The number of nitrogens with two attached hydrogens (primary N) is 5. The molecule has 27 nitrogen and oxygen atoms in total. The van der Waals surface area contributed by atoms with Gasteiger partial charge in [-0.1, -0.05) is 60.7 Å². The standard InChI is InChI=1S/C27H33FN4O3S.C27H31FN4O3S.C22H25FN4OS.C18H25FN2O2.C9H8N2O2S/c2*1-16-5-7-20-22(29)23(36-25(20)31-16)24(33)30-12-9-17-6-8-19(21(28)15-17)18-10-13-32(14-11-18)26(34)35-27(2,3)4;1-13-2-4-17-19(24)20(29-22(17)27-13)21(28)26-11-6-14-3-5-16(18(23)12-14)15-7-9-25-10-8-15;1-18(2,3)23-17(22)21-10-7-14(8-11-21)15-5-4-13(6-9-20)12-16(15)19;1-4-2-3-5-6(10)7(9(12)13)14-8(5)11-4/h5-8,15,18H,9-14,29H2,1-4H3,(H,30,33);5-8,10,15H,9,11-14,29H2,1-4H3,(H,30,33);2-5,12,15,25H,6-11,24H2,1H3,(H,26,28);4-5,7,12H,6,8-11,20H2,1-3H3;2-3H,10H2,1H3,(H,12,13). The summed E-state index contributed by atoms with van der Waals surface area (Å²) < 4.78 is 74.9. The van der Waals surface area contributed by atoms with E-state index in [-0.39, 0.29) is 76.0 Å². The molecule has 0 saturated carbocycles. The van der Waals surface area contributed by atoms with E-state index in [1.165, 1.54) is 40.1 Å². The Balaban J connectivity index is 0.000000159. The quantitative estimate of drug-likeness (QED) is 0.0265. The Morgan fingerprint density at radius 2 is 0.717 bits per heavy atom. The fourth-order valence-electron chi connectivity index (χ4n) is 16.1. The van der Waals surface area contributed by atoms with Crippen molar-refractivity contribution < 1.29 is 70.4 Å². The first-order valence-electron chi connectivity index (χ1n) is 46.0. The number of carboxylic acid groups (broad SMARTS) is 1. The molecule has 12 aromatic rings. The minimum Gasteiger partial charge on any atom is -0.477 e. The summed E-state index contributed by atoms with van der Waals surface area (Å²) >= 11 is 4.96. The van der Waals surface area contributed by atoms with Gasteiger partial charge in [0.2, 0.25) is 0 Å². The summed E-state index contributed by atoms with van der Waals surface area (Å²) in [4.78, 5) is 112. The van der Waals surface area contributed by atoms with Crippen molar-refractivity contribution in [3.8, 4) is 0 Å². The molecule has 2 fully saturated rings. The number of nitrogens with zero attached hydrogens (tertiary/aromatic N) is 7. The number of aromatic nitrogens is 4. The number of aryl methyl sites for hydroxylation is 4. The zero-order valence-corrected chi connectivity index (χ0v) is 83.4. The number of carbonyl (C=O) groups excluding carboxylic acids is 6. The van der Waals surface area contributed by atoms with Crippen molar-refractivity contribution in [3.63, 3.8) is 0 Å². The second-order valence-electron chi connectivity index (χ2n) is 37.4. The molecule has 8 aromatic heterocycles. The fourth-order valence-corrected chi connectivity index (χ4v) is 20.2. The molecule has 35 heteroatoms. The number of nitrogen functional groups attached to an aromatic ring is 4. The lowest BCUT2D eigenvalue weighted by Gasteiger charge is -2.33. The van der Waals surface area contributed by atoms with Crippen LogP contribution in [0.1, 0.15) is 219 Å². The SMILES string of the molecule is CC(C)(C)OC(=O)N1CC=C(c2ccc(CCN)cc2F)CC1.Cc1ccc2c(N)c(C(=O)NCCc3ccc(C4=CCN(C(=O)OC(C)(C)C)CC4)c(F)c3)sc2n1.Cc1ccc2c(N)c(C(=O)NCCc3ccc(C4CCN(C(=O)OC(C)(C)C)CC4)c(F)c3)sc2n1.Cc1ccc2c(N)c(C(=O)NCCc3ccc(C4CCNCC4)c(F)c3)sc2n1.Cc1ccc2c(N)c(C(=O)O)sc2n1. The fraction of sp³-hybridized carbons (Fsp3) is 0.388. The highest BCUT2D eigenvalue weighted by molar-refractivity contribution is 7.22. The summed E-state index contributed by atoms with van der Waals surface area (Å²) in [6, 6.07) is 36.0. The molecule has 4 aromatic carbocycles. The van der Waals surface area contributed by atoms with Gasteiger partial charge in [-0.15, -0.1) is 45.3 Å². The molecule has 0 aliphatic carbocycles. The van der Waals surface area contributed by atoms with Crippen molar-refractivity contribution in [2.45, 2.75) is 183 Å². The Bertz CT molecular complexity index is 6540.